The van der Waals surface area contributed by atoms with Crippen molar-refractivity contribution in [3.63, 3.8) is 0 Å². The van der Waals surface area contributed by atoms with Crippen molar-refractivity contribution in [3.8, 4) is 6.07 Å². The Bertz CT molecular complexity index is 1260. The highest BCUT2D eigenvalue weighted by Crippen LogP contribution is 2.26. The molecule has 7 heteroatoms. The van der Waals surface area contributed by atoms with Gasteiger partial charge in [0.25, 0.3) is 5.91 Å². The average Bonchev–Trinajstić information content (AvgIpc) is 2.75. The monoisotopic (exact) mass is 447 g/mol. The average molecular weight is 448 g/mol. The molecule has 0 saturated carbocycles. The summed E-state index contributed by atoms with van der Waals surface area (Å²) in [5, 5.41) is 11.6. The molecule has 0 heterocycles. The lowest BCUT2D eigenvalue weighted by atomic mass is 10.1. The van der Waals surface area contributed by atoms with Crippen LogP contribution in [0, 0.1) is 25.2 Å². The Labute approximate surface area is 189 Å². The van der Waals surface area contributed by atoms with Crippen LogP contribution >= 0.6 is 0 Å². The normalized spacial score (nSPS) is 10.9. The summed E-state index contributed by atoms with van der Waals surface area (Å²) in [5.41, 5.74) is 5.26. The molecule has 0 unspecified atom stereocenters. The molecule has 0 aromatic heterocycles. The van der Waals surface area contributed by atoms with E-state index in [0.717, 1.165) is 22.3 Å². The fourth-order valence-corrected chi connectivity index (χ4v) is 4.23. The molecule has 1 N–H and O–H groups in total. The first-order valence-electron chi connectivity index (χ1n) is 10.1. The van der Waals surface area contributed by atoms with E-state index in [1.807, 2.05) is 32.0 Å². The predicted octanol–water partition coefficient (Wildman–Crippen LogP) is 4.59. The predicted molar refractivity (Wildman–Crippen MR) is 127 cm³/mol. The number of sulfonamides is 1. The number of carbonyl (C=O) groups excluding carboxylic acids is 1. The standard InChI is InChI=1S/C25H25N3O3S/c1-18-4-5-19(2)24(16-18)28(32(3,30)31)17-21-6-10-22(11-7-21)25(29)27-23-12-8-20(9-13-23)14-15-26/h4-13,16H,14,17H2,1-3H3,(H,27,29). The van der Waals surface area contributed by atoms with Crippen molar-refractivity contribution in [2.24, 2.45) is 0 Å². The van der Waals surface area contributed by atoms with E-state index >= 15 is 0 Å². The molecule has 3 aromatic rings. The third kappa shape index (κ3) is 5.74. The van der Waals surface area contributed by atoms with E-state index in [9.17, 15) is 13.2 Å². The molecule has 3 rings (SSSR count). The maximum Gasteiger partial charge on any atom is 0.255 e. The number of carbonyl (C=O) groups is 1. The minimum atomic E-state index is -3.50. The Morgan fingerprint density at radius 2 is 1.59 bits per heavy atom. The number of nitriles is 1. The topological polar surface area (TPSA) is 90.3 Å². The van der Waals surface area contributed by atoms with E-state index in [1.165, 1.54) is 10.6 Å². The Balaban J connectivity index is 1.75. The van der Waals surface area contributed by atoms with Crippen molar-refractivity contribution < 1.29 is 13.2 Å². The molecule has 0 spiro atoms. The SMILES string of the molecule is Cc1ccc(C)c(N(Cc2ccc(C(=O)Nc3ccc(CC#N)cc3)cc2)S(C)(=O)=O)c1. The molecule has 0 radical (unpaired) electrons. The van der Waals surface area contributed by atoms with Gasteiger partial charge < -0.3 is 5.32 Å². The summed E-state index contributed by atoms with van der Waals surface area (Å²) in [5.74, 6) is -0.265. The number of benzene rings is 3. The fourth-order valence-electron chi connectivity index (χ4n) is 3.30. The zero-order valence-electron chi connectivity index (χ0n) is 18.3. The molecule has 3 aromatic carbocycles. The molecule has 0 saturated heterocycles. The van der Waals surface area contributed by atoms with Gasteiger partial charge in [0.1, 0.15) is 0 Å². The number of anilines is 2. The maximum absolute atomic E-state index is 12.6. The summed E-state index contributed by atoms with van der Waals surface area (Å²) in [6, 6.07) is 21.8. The van der Waals surface area contributed by atoms with Crippen molar-refractivity contribution >= 4 is 27.3 Å². The molecule has 164 valence electrons. The summed E-state index contributed by atoms with van der Waals surface area (Å²) in [7, 11) is -3.50. The summed E-state index contributed by atoms with van der Waals surface area (Å²) >= 11 is 0. The quantitative estimate of drug-likeness (QED) is 0.574. The van der Waals surface area contributed by atoms with Crippen LogP contribution in [0.25, 0.3) is 0 Å². The van der Waals surface area contributed by atoms with Crippen LogP contribution in [0.15, 0.2) is 66.7 Å². The fraction of sp³-hybridized carbons (Fsp3) is 0.200. The number of nitrogens with one attached hydrogen (secondary N) is 1. The van der Waals surface area contributed by atoms with Crippen LogP contribution in [0.4, 0.5) is 11.4 Å². The molecular weight excluding hydrogens is 422 g/mol. The number of amides is 1. The zero-order chi connectivity index (χ0) is 23.3. The third-order valence-electron chi connectivity index (χ3n) is 5.07. The first-order chi connectivity index (χ1) is 15.2. The van der Waals surface area contributed by atoms with Gasteiger partial charge in [-0.1, -0.05) is 36.4 Å². The van der Waals surface area contributed by atoms with Gasteiger partial charge in [0.05, 0.1) is 31.0 Å². The van der Waals surface area contributed by atoms with Gasteiger partial charge >= 0.3 is 0 Å². The second-order valence-electron chi connectivity index (χ2n) is 7.74. The van der Waals surface area contributed by atoms with Crippen molar-refractivity contribution in [2.45, 2.75) is 26.8 Å². The van der Waals surface area contributed by atoms with E-state index < -0.39 is 10.0 Å². The van der Waals surface area contributed by atoms with Gasteiger partial charge in [0, 0.05) is 11.3 Å². The van der Waals surface area contributed by atoms with Crippen molar-refractivity contribution in [1.29, 1.82) is 5.26 Å². The van der Waals surface area contributed by atoms with Crippen LogP contribution in [0.1, 0.15) is 32.6 Å². The van der Waals surface area contributed by atoms with Crippen LogP contribution in [0.3, 0.4) is 0 Å². The number of rotatable bonds is 7. The van der Waals surface area contributed by atoms with Gasteiger partial charge in [-0.2, -0.15) is 5.26 Å². The van der Waals surface area contributed by atoms with E-state index in [2.05, 4.69) is 11.4 Å². The summed E-state index contributed by atoms with van der Waals surface area (Å²) in [6.45, 7) is 3.98. The van der Waals surface area contributed by atoms with E-state index in [4.69, 9.17) is 5.26 Å². The summed E-state index contributed by atoms with van der Waals surface area (Å²) in [6.07, 6.45) is 1.51. The van der Waals surface area contributed by atoms with Gasteiger partial charge in [0.15, 0.2) is 0 Å². The Hall–Kier alpha value is -3.63. The summed E-state index contributed by atoms with van der Waals surface area (Å²) in [4.78, 5) is 12.6. The molecule has 0 aliphatic carbocycles. The molecule has 0 atom stereocenters. The number of hydrogen-bond donors (Lipinski definition) is 1. The molecule has 0 aliphatic heterocycles. The second kappa shape index (κ2) is 9.67. The minimum absolute atomic E-state index is 0.172. The maximum atomic E-state index is 12.6. The molecular formula is C25H25N3O3S. The molecule has 0 aliphatic rings. The second-order valence-corrected chi connectivity index (χ2v) is 9.65. The van der Waals surface area contributed by atoms with E-state index in [1.54, 1.807) is 48.5 Å². The van der Waals surface area contributed by atoms with Gasteiger partial charge in [-0.3, -0.25) is 9.10 Å². The molecule has 1 amide bonds. The molecule has 32 heavy (non-hydrogen) atoms. The van der Waals surface area contributed by atoms with Crippen LogP contribution in [-0.2, 0) is 23.0 Å². The van der Waals surface area contributed by atoms with E-state index in [-0.39, 0.29) is 12.5 Å². The van der Waals surface area contributed by atoms with Crippen LogP contribution in [0.5, 0.6) is 0 Å². The largest absolute Gasteiger partial charge is 0.322 e. The van der Waals surface area contributed by atoms with Crippen molar-refractivity contribution in [1.82, 2.24) is 0 Å². The Morgan fingerprint density at radius 3 is 2.19 bits per heavy atom. The van der Waals surface area contributed by atoms with Gasteiger partial charge in [-0.05, 0) is 66.4 Å². The molecule has 0 bridgehead atoms. The van der Waals surface area contributed by atoms with Gasteiger partial charge in [0.2, 0.25) is 10.0 Å². The van der Waals surface area contributed by atoms with Crippen molar-refractivity contribution in [3.05, 3.63) is 94.5 Å². The molecule has 6 nitrogen and oxygen atoms in total. The number of nitrogens with zero attached hydrogens (tertiary/aromatic N) is 2. The van der Waals surface area contributed by atoms with Crippen LogP contribution < -0.4 is 9.62 Å². The van der Waals surface area contributed by atoms with E-state index in [0.29, 0.717) is 23.4 Å². The lowest BCUT2D eigenvalue weighted by Crippen LogP contribution is -2.30. The Morgan fingerprint density at radius 1 is 0.969 bits per heavy atom. The Kier molecular flexibility index (Phi) is 6.96. The first-order valence-corrected chi connectivity index (χ1v) is 11.9. The highest BCUT2D eigenvalue weighted by atomic mass is 32.2. The van der Waals surface area contributed by atoms with Crippen LogP contribution in [0.2, 0.25) is 0 Å². The highest BCUT2D eigenvalue weighted by Gasteiger charge is 2.20. The van der Waals surface area contributed by atoms with Gasteiger partial charge in [-0.25, -0.2) is 8.42 Å². The smallest absolute Gasteiger partial charge is 0.255 e. The minimum Gasteiger partial charge on any atom is -0.322 e. The lowest BCUT2D eigenvalue weighted by molar-refractivity contribution is 0.102. The first kappa shape index (κ1) is 23.0. The third-order valence-corrected chi connectivity index (χ3v) is 6.20. The zero-order valence-corrected chi connectivity index (χ0v) is 19.1. The molecule has 0 fully saturated rings. The van der Waals surface area contributed by atoms with Crippen molar-refractivity contribution in [2.75, 3.05) is 15.9 Å². The lowest BCUT2D eigenvalue weighted by Gasteiger charge is -2.25. The number of aryl methyl sites for hydroxylation is 2. The highest BCUT2D eigenvalue weighted by molar-refractivity contribution is 7.92. The number of hydrogen-bond acceptors (Lipinski definition) is 4. The summed E-state index contributed by atoms with van der Waals surface area (Å²) < 4.78 is 26.4. The van der Waals surface area contributed by atoms with Gasteiger partial charge in [-0.15, -0.1) is 0 Å². The van der Waals surface area contributed by atoms with Crippen LogP contribution in [-0.4, -0.2) is 20.6 Å².